The third-order valence-electron chi connectivity index (χ3n) is 2.86. The summed E-state index contributed by atoms with van der Waals surface area (Å²) in [5, 5.41) is 0. The molecule has 0 aliphatic rings. The van der Waals surface area contributed by atoms with Gasteiger partial charge in [0.25, 0.3) is 0 Å². The Morgan fingerprint density at radius 1 is 1.37 bits per heavy atom. The summed E-state index contributed by atoms with van der Waals surface area (Å²) >= 11 is 0. The Kier molecular flexibility index (Phi) is 4.35. The van der Waals surface area contributed by atoms with Crippen LogP contribution in [0.3, 0.4) is 0 Å². The molecule has 0 radical (unpaired) electrons. The van der Waals surface area contributed by atoms with Gasteiger partial charge in [0.2, 0.25) is 0 Å². The molecule has 0 saturated heterocycles. The van der Waals surface area contributed by atoms with E-state index in [1.165, 1.54) is 0 Å². The molecule has 2 aromatic rings. The second-order valence-corrected chi connectivity index (χ2v) is 4.12. The lowest BCUT2D eigenvalue weighted by Gasteiger charge is -2.21. The lowest BCUT2D eigenvalue weighted by Crippen LogP contribution is -2.24. The number of aromatic nitrogens is 2. The van der Waals surface area contributed by atoms with E-state index in [0.29, 0.717) is 12.4 Å². The summed E-state index contributed by atoms with van der Waals surface area (Å²) in [5.74, 6) is 8.58. The van der Waals surface area contributed by atoms with E-state index in [1.807, 2.05) is 25.1 Å². The van der Waals surface area contributed by atoms with Crippen LogP contribution >= 0.6 is 0 Å². The van der Waals surface area contributed by atoms with Crippen molar-refractivity contribution in [3.8, 4) is 0 Å². The van der Waals surface area contributed by atoms with Gasteiger partial charge in [0, 0.05) is 19.0 Å². The van der Waals surface area contributed by atoms with Gasteiger partial charge in [-0.3, -0.25) is 0 Å². The van der Waals surface area contributed by atoms with Gasteiger partial charge in [-0.15, -0.1) is 0 Å². The molecule has 19 heavy (non-hydrogen) atoms. The molecule has 0 aliphatic carbocycles. The predicted molar refractivity (Wildman–Crippen MR) is 74.7 cm³/mol. The Bertz CT molecular complexity index is 490. The van der Waals surface area contributed by atoms with Gasteiger partial charge >= 0.3 is 0 Å². The average Bonchev–Trinajstić information content (AvgIpc) is 2.97. The molecule has 0 saturated carbocycles. The lowest BCUT2D eigenvalue weighted by molar-refractivity contribution is 0.502. The summed E-state index contributed by atoms with van der Waals surface area (Å²) in [6.45, 7) is 5.59. The van der Waals surface area contributed by atoms with E-state index >= 15 is 0 Å². The van der Waals surface area contributed by atoms with E-state index in [-0.39, 0.29) is 0 Å². The van der Waals surface area contributed by atoms with E-state index < -0.39 is 0 Å². The molecule has 0 aromatic carbocycles. The van der Waals surface area contributed by atoms with Crippen molar-refractivity contribution in [2.75, 3.05) is 16.9 Å². The van der Waals surface area contributed by atoms with Gasteiger partial charge in [-0.2, -0.15) is 0 Å². The summed E-state index contributed by atoms with van der Waals surface area (Å²) in [6.07, 6.45) is 2.44. The maximum Gasteiger partial charge on any atom is 0.145 e. The Morgan fingerprint density at radius 3 is 2.79 bits per heavy atom. The van der Waals surface area contributed by atoms with Crippen LogP contribution in [0, 0.1) is 0 Å². The maximum atomic E-state index is 5.44. The van der Waals surface area contributed by atoms with Crippen LogP contribution < -0.4 is 16.2 Å². The highest BCUT2D eigenvalue weighted by Gasteiger charge is 2.11. The number of furan rings is 1. The molecule has 6 nitrogen and oxygen atoms in total. The monoisotopic (exact) mass is 261 g/mol. The van der Waals surface area contributed by atoms with Crippen molar-refractivity contribution in [2.45, 2.75) is 26.8 Å². The van der Waals surface area contributed by atoms with Gasteiger partial charge in [-0.1, -0.05) is 6.92 Å². The maximum absolute atomic E-state index is 5.44. The average molecular weight is 261 g/mol. The van der Waals surface area contributed by atoms with Gasteiger partial charge in [0.15, 0.2) is 0 Å². The number of anilines is 2. The number of nitrogens with zero attached hydrogens (tertiary/aromatic N) is 3. The van der Waals surface area contributed by atoms with Crippen LogP contribution in [0.4, 0.5) is 11.6 Å². The van der Waals surface area contributed by atoms with Gasteiger partial charge < -0.3 is 14.7 Å². The molecule has 2 aromatic heterocycles. The fourth-order valence-corrected chi connectivity index (χ4v) is 1.82. The smallest absolute Gasteiger partial charge is 0.145 e. The van der Waals surface area contributed by atoms with E-state index in [9.17, 15) is 0 Å². The zero-order chi connectivity index (χ0) is 13.7. The molecule has 102 valence electrons. The number of nitrogen functional groups attached to an aromatic ring is 1. The van der Waals surface area contributed by atoms with Crippen LogP contribution in [0.2, 0.25) is 0 Å². The third-order valence-corrected chi connectivity index (χ3v) is 2.86. The van der Waals surface area contributed by atoms with E-state index in [0.717, 1.165) is 30.4 Å². The Hall–Kier alpha value is -2.08. The number of nitrogens with one attached hydrogen (secondary N) is 1. The van der Waals surface area contributed by atoms with Crippen LogP contribution in [-0.4, -0.2) is 16.5 Å². The molecule has 0 spiro atoms. The molecule has 0 amide bonds. The highest BCUT2D eigenvalue weighted by atomic mass is 16.3. The minimum Gasteiger partial charge on any atom is -0.467 e. The zero-order valence-corrected chi connectivity index (χ0v) is 11.3. The van der Waals surface area contributed by atoms with Crippen LogP contribution in [-0.2, 0) is 13.0 Å². The van der Waals surface area contributed by atoms with E-state index in [2.05, 4.69) is 27.2 Å². The SMILES string of the molecule is CCc1nc(NN)cc(N(CC)Cc2ccco2)n1. The third kappa shape index (κ3) is 3.23. The van der Waals surface area contributed by atoms with Crippen LogP contribution in [0.15, 0.2) is 28.9 Å². The number of hydrazine groups is 1. The highest BCUT2D eigenvalue weighted by molar-refractivity contribution is 5.49. The van der Waals surface area contributed by atoms with Crippen molar-refractivity contribution >= 4 is 11.6 Å². The lowest BCUT2D eigenvalue weighted by atomic mass is 10.3. The van der Waals surface area contributed by atoms with Gasteiger partial charge in [0.05, 0.1) is 12.8 Å². The number of nitrogens with two attached hydrogens (primary N) is 1. The highest BCUT2D eigenvalue weighted by Crippen LogP contribution is 2.18. The minimum atomic E-state index is 0.625. The second-order valence-electron chi connectivity index (χ2n) is 4.12. The number of rotatable bonds is 6. The summed E-state index contributed by atoms with van der Waals surface area (Å²) < 4.78 is 5.38. The molecule has 0 atom stereocenters. The first kappa shape index (κ1) is 13.4. The molecule has 0 fully saturated rings. The molecular formula is C13H19N5O. The van der Waals surface area contributed by atoms with E-state index in [4.69, 9.17) is 10.3 Å². The van der Waals surface area contributed by atoms with Crippen molar-refractivity contribution in [1.29, 1.82) is 0 Å². The van der Waals surface area contributed by atoms with Gasteiger partial charge in [0.1, 0.15) is 23.2 Å². The van der Waals surface area contributed by atoms with Crippen molar-refractivity contribution in [1.82, 2.24) is 9.97 Å². The Labute approximate surface area is 112 Å². The molecule has 3 N–H and O–H groups in total. The molecule has 6 heteroatoms. The van der Waals surface area contributed by atoms with Crippen LogP contribution in [0.5, 0.6) is 0 Å². The van der Waals surface area contributed by atoms with Crippen molar-refractivity contribution < 1.29 is 4.42 Å². The minimum absolute atomic E-state index is 0.625. The molecule has 0 unspecified atom stereocenters. The molecular weight excluding hydrogens is 242 g/mol. The van der Waals surface area contributed by atoms with Crippen LogP contribution in [0.25, 0.3) is 0 Å². The molecule has 2 heterocycles. The molecule has 0 bridgehead atoms. The van der Waals surface area contributed by atoms with Crippen molar-refractivity contribution in [3.63, 3.8) is 0 Å². The first-order chi connectivity index (χ1) is 9.26. The van der Waals surface area contributed by atoms with Gasteiger partial charge in [-0.05, 0) is 19.1 Å². The standard InChI is InChI=1S/C13H19N5O/c1-3-11-15-12(17-14)8-13(16-11)18(4-2)9-10-6-5-7-19-10/h5-8H,3-4,9,14H2,1-2H3,(H,15,16,17). The summed E-state index contributed by atoms with van der Waals surface area (Å²) in [6, 6.07) is 5.67. The number of hydrogen-bond acceptors (Lipinski definition) is 6. The fourth-order valence-electron chi connectivity index (χ4n) is 1.82. The summed E-state index contributed by atoms with van der Waals surface area (Å²) in [7, 11) is 0. The van der Waals surface area contributed by atoms with Crippen LogP contribution in [0.1, 0.15) is 25.4 Å². The first-order valence-corrected chi connectivity index (χ1v) is 6.38. The van der Waals surface area contributed by atoms with E-state index in [1.54, 1.807) is 6.26 Å². The quantitative estimate of drug-likeness (QED) is 0.611. The largest absolute Gasteiger partial charge is 0.467 e. The summed E-state index contributed by atoms with van der Waals surface area (Å²) in [5.41, 5.74) is 2.58. The second kappa shape index (κ2) is 6.19. The zero-order valence-electron chi connectivity index (χ0n) is 11.3. The predicted octanol–water partition coefficient (Wildman–Crippen LogP) is 1.94. The summed E-state index contributed by atoms with van der Waals surface area (Å²) in [4.78, 5) is 10.9. The Morgan fingerprint density at radius 2 is 2.21 bits per heavy atom. The Balaban J connectivity index is 2.26. The fraction of sp³-hybridized carbons (Fsp3) is 0.385. The molecule has 0 aliphatic heterocycles. The topological polar surface area (TPSA) is 80.2 Å². The van der Waals surface area contributed by atoms with Crippen molar-refractivity contribution in [3.05, 3.63) is 36.0 Å². The number of aryl methyl sites for hydroxylation is 1. The first-order valence-electron chi connectivity index (χ1n) is 6.38. The molecule has 2 rings (SSSR count). The number of hydrogen-bond donors (Lipinski definition) is 2. The normalized spacial score (nSPS) is 10.5. The van der Waals surface area contributed by atoms with Crippen molar-refractivity contribution in [2.24, 2.45) is 5.84 Å². The van der Waals surface area contributed by atoms with Gasteiger partial charge in [-0.25, -0.2) is 15.8 Å².